The second-order valence-electron chi connectivity index (χ2n) is 4.11. The lowest BCUT2D eigenvalue weighted by Gasteiger charge is -2.10. The molecule has 0 bridgehead atoms. The number of aliphatic hydroxyl groups is 1. The molecule has 2 nitrogen and oxygen atoms in total. The van der Waals surface area contributed by atoms with Crippen molar-refractivity contribution in [2.45, 2.75) is 13.2 Å². The van der Waals surface area contributed by atoms with Gasteiger partial charge in [-0.05, 0) is 41.5 Å². The SMILES string of the molecule is OCc1cc(F)c(OCc2cc(F)cc(Br)c2)c(F)c1. The second kappa shape index (κ2) is 6.28. The van der Waals surface area contributed by atoms with E-state index in [1.807, 2.05) is 0 Å². The first kappa shape index (κ1) is 14.9. The summed E-state index contributed by atoms with van der Waals surface area (Å²) in [7, 11) is 0. The first-order valence-corrected chi connectivity index (χ1v) is 6.45. The molecule has 0 heterocycles. The molecule has 0 amide bonds. The fourth-order valence-electron chi connectivity index (χ4n) is 1.69. The smallest absolute Gasteiger partial charge is 0.191 e. The van der Waals surface area contributed by atoms with E-state index in [4.69, 9.17) is 9.84 Å². The summed E-state index contributed by atoms with van der Waals surface area (Å²) in [5, 5.41) is 8.83. The number of hydrogen-bond donors (Lipinski definition) is 1. The maximum Gasteiger partial charge on any atom is 0.191 e. The van der Waals surface area contributed by atoms with Crippen molar-refractivity contribution in [1.29, 1.82) is 0 Å². The number of ether oxygens (including phenoxy) is 1. The van der Waals surface area contributed by atoms with Crippen LogP contribution in [0.15, 0.2) is 34.8 Å². The summed E-state index contributed by atoms with van der Waals surface area (Å²) in [5.74, 6) is -2.86. The summed E-state index contributed by atoms with van der Waals surface area (Å²) in [4.78, 5) is 0. The molecule has 0 saturated heterocycles. The number of aliphatic hydroxyl groups excluding tert-OH is 1. The van der Waals surface area contributed by atoms with Gasteiger partial charge >= 0.3 is 0 Å². The monoisotopic (exact) mass is 346 g/mol. The van der Waals surface area contributed by atoms with Gasteiger partial charge in [-0.15, -0.1) is 0 Å². The predicted molar refractivity (Wildman–Crippen MR) is 70.7 cm³/mol. The molecule has 0 aromatic heterocycles. The third-order valence-corrected chi connectivity index (χ3v) is 3.00. The van der Waals surface area contributed by atoms with Gasteiger partial charge in [0, 0.05) is 4.47 Å². The molecule has 0 aliphatic heterocycles. The van der Waals surface area contributed by atoms with Crippen LogP contribution in [-0.2, 0) is 13.2 Å². The quantitative estimate of drug-likeness (QED) is 0.908. The van der Waals surface area contributed by atoms with Crippen molar-refractivity contribution < 1.29 is 23.0 Å². The lowest BCUT2D eigenvalue weighted by molar-refractivity contribution is 0.266. The van der Waals surface area contributed by atoms with Crippen LogP contribution in [0, 0.1) is 17.5 Å². The van der Waals surface area contributed by atoms with Gasteiger partial charge in [0.2, 0.25) is 0 Å². The highest BCUT2D eigenvalue weighted by atomic mass is 79.9. The first-order chi connectivity index (χ1) is 9.49. The highest BCUT2D eigenvalue weighted by Crippen LogP contribution is 2.25. The molecule has 2 rings (SSSR count). The number of rotatable bonds is 4. The Morgan fingerprint density at radius 1 is 0.950 bits per heavy atom. The highest BCUT2D eigenvalue weighted by Gasteiger charge is 2.13. The van der Waals surface area contributed by atoms with E-state index in [0.29, 0.717) is 10.0 Å². The third-order valence-electron chi connectivity index (χ3n) is 2.55. The average molecular weight is 347 g/mol. The van der Waals surface area contributed by atoms with Crippen molar-refractivity contribution in [2.75, 3.05) is 0 Å². The van der Waals surface area contributed by atoms with Crippen molar-refractivity contribution in [3.63, 3.8) is 0 Å². The Hall–Kier alpha value is -1.53. The molecule has 20 heavy (non-hydrogen) atoms. The average Bonchev–Trinajstić information content (AvgIpc) is 2.36. The van der Waals surface area contributed by atoms with E-state index < -0.39 is 29.8 Å². The van der Waals surface area contributed by atoms with E-state index in [9.17, 15) is 13.2 Å². The van der Waals surface area contributed by atoms with Crippen molar-refractivity contribution in [3.8, 4) is 5.75 Å². The second-order valence-corrected chi connectivity index (χ2v) is 5.03. The molecule has 0 saturated carbocycles. The topological polar surface area (TPSA) is 29.5 Å². The van der Waals surface area contributed by atoms with Crippen molar-refractivity contribution in [3.05, 3.63) is 63.4 Å². The van der Waals surface area contributed by atoms with Crippen molar-refractivity contribution >= 4 is 15.9 Å². The van der Waals surface area contributed by atoms with Gasteiger partial charge in [-0.2, -0.15) is 0 Å². The normalized spacial score (nSPS) is 10.7. The van der Waals surface area contributed by atoms with Gasteiger partial charge in [0.05, 0.1) is 6.61 Å². The van der Waals surface area contributed by atoms with Crippen LogP contribution in [0.3, 0.4) is 0 Å². The molecule has 1 N–H and O–H groups in total. The van der Waals surface area contributed by atoms with Gasteiger partial charge in [0.25, 0.3) is 0 Å². The summed E-state index contributed by atoms with van der Waals surface area (Å²) in [6, 6.07) is 6.03. The van der Waals surface area contributed by atoms with Gasteiger partial charge in [0.15, 0.2) is 17.4 Å². The Kier molecular flexibility index (Phi) is 4.67. The number of hydrogen-bond acceptors (Lipinski definition) is 2. The Balaban J connectivity index is 2.18. The molecule has 0 spiro atoms. The van der Waals surface area contributed by atoms with Crippen LogP contribution < -0.4 is 4.74 Å². The summed E-state index contributed by atoms with van der Waals surface area (Å²) >= 11 is 3.12. The minimum atomic E-state index is -0.912. The molecule has 0 aliphatic rings. The van der Waals surface area contributed by atoms with Crippen molar-refractivity contribution in [2.24, 2.45) is 0 Å². The van der Waals surface area contributed by atoms with Crippen LogP contribution >= 0.6 is 15.9 Å². The Morgan fingerprint density at radius 2 is 1.60 bits per heavy atom. The van der Waals surface area contributed by atoms with Gasteiger partial charge in [-0.3, -0.25) is 0 Å². The summed E-state index contributed by atoms with van der Waals surface area (Å²) in [6.07, 6.45) is 0. The van der Waals surface area contributed by atoms with Crippen LogP contribution in [0.4, 0.5) is 13.2 Å². The van der Waals surface area contributed by atoms with E-state index in [1.54, 1.807) is 6.07 Å². The zero-order chi connectivity index (χ0) is 14.7. The molecule has 6 heteroatoms. The van der Waals surface area contributed by atoms with Gasteiger partial charge in [-0.1, -0.05) is 15.9 Å². The third kappa shape index (κ3) is 3.52. The molecule has 106 valence electrons. The van der Waals surface area contributed by atoms with Gasteiger partial charge < -0.3 is 9.84 Å². The number of halogens is 4. The van der Waals surface area contributed by atoms with Crippen molar-refractivity contribution in [1.82, 2.24) is 0 Å². The molecule has 2 aromatic carbocycles. The predicted octanol–water partition coefficient (Wildman–Crippen LogP) is 3.94. The lowest BCUT2D eigenvalue weighted by Crippen LogP contribution is -2.01. The van der Waals surface area contributed by atoms with Gasteiger partial charge in [0.1, 0.15) is 12.4 Å². The van der Waals surface area contributed by atoms with Gasteiger partial charge in [-0.25, -0.2) is 13.2 Å². The van der Waals surface area contributed by atoms with Crippen LogP contribution in [0.25, 0.3) is 0 Å². The van der Waals surface area contributed by atoms with E-state index in [-0.39, 0.29) is 12.2 Å². The Labute approximate surface area is 121 Å². The maximum atomic E-state index is 13.6. The fraction of sp³-hybridized carbons (Fsp3) is 0.143. The largest absolute Gasteiger partial charge is 0.483 e. The van der Waals surface area contributed by atoms with Crippen LogP contribution in [-0.4, -0.2) is 5.11 Å². The fourth-order valence-corrected chi connectivity index (χ4v) is 2.20. The van der Waals surface area contributed by atoms with Crippen LogP contribution in [0.1, 0.15) is 11.1 Å². The van der Waals surface area contributed by atoms with E-state index in [0.717, 1.165) is 12.1 Å². The molecular weight excluding hydrogens is 337 g/mol. The van der Waals surface area contributed by atoms with Crippen LogP contribution in [0.5, 0.6) is 5.75 Å². The molecule has 0 radical (unpaired) electrons. The highest BCUT2D eigenvalue weighted by molar-refractivity contribution is 9.10. The molecule has 0 atom stereocenters. The Morgan fingerprint density at radius 3 is 2.15 bits per heavy atom. The standard InChI is InChI=1S/C14H10BrF3O2/c15-10-1-9(2-11(16)5-10)7-20-14-12(17)3-8(6-19)4-13(14)18/h1-5,19H,6-7H2. The molecule has 2 aromatic rings. The minimum absolute atomic E-state index is 0.112. The summed E-state index contributed by atoms with van der Waals surface area (Å²) in [6.45, 7) is -0.645. The Bertz CT molecular complexity index is 589. The minimum Gasteiger partial charge on any atom is -0.483 e. The zero-order valence-corrected chi connectivity index (χ0v) is 11.8. The molecule has 0 aliphatic carbocycles. The van der Waals surface area contributed by atoms with Crippen LogP contribution in [0.2, 0.25) is 0 Å². The lowest BCUT2D eigenvalue weighted by atomic mass is 10.2. The number of benzene rings is 2. The molecule has 0 unspecified atom stereocenters. The van der Waals surface area contributed by atoms with E-state index >= 15 is 0 Å². The zero-order valence-electron chi connectivity index (χ0n) is 10.2. The summed E-state index contributed by atoms with van der Waals surface area (Å²) < 4.78 is 45.9. The molecule has 0 fully saturated rings. The first-order valence-electron chi connectivity index (χ1n) is 5.66. The maximum absolute atomic E-state index is 13.6. The van der Waals surface area contributed by atoms with E-state index in [2.05, 4.69) is 15.9 Å². The summed E-state index contributed by atoms with van der Waals surface area (Å²) in [5.41, 5.74) is 0.544. The molecular formula is C14H10BrF3O2. The van der Waals surface area contributed by atoms with E-state index in [1.165, 1.54) is 12.1 Å².